The van der Waals surface area contributed by atoms with Crippen molar-refractivity contribution in [1.82, 2.24) is 5.32 Å². The van der Waals surface area contributed by atoms with E-state index in [-0.39, 0.29) is 12.2 Å². The molecule has 2 rings (SSSR count). The number of halogens is 3. The van der Waals surface area contributed by atoms with Crippen molar-refractivity contribution >= 4 is 33.4 Å². The predicted octanol–water partition coefficient (Wildman–Crippen LogP) is 3.11. The molecule has 0 saturated heterocycles. The molecule has 0 fully saturated rings. The minimum absolute atomic E-state index is 0.223. The van der Waals surface area contributed by atoms with E-state index >= 15 is 0 Å². The normalized spacial score (nSPS) is 12.0. The standard InChI is InChI=1S/C17H19F3N2O4S2/c1-28(24,25)22(14-5-2-4-13(10-14)17(18,19)20)11-16(23)21-7-9-27-12-15-6-3-8-26-15/h2-6,8,10H,7,9,11-12H2,1H3,(H,21,23). The molecule has 154 valence electrons. The summed E-state index contributed by atoms with van der Waals surface area (Å²) in [6.07, 6.45) is -2.22. The number of sulfonamides is 1. The third-order valence-corrected chi connectivity index (χ3v) is 5.66. The second-order valence-corrected chi connectivity index (χ2v) is 8.81. The third kappa shape index (κ3) is 6.79. The Morgan fingerprint density at radius 3 is 2.61 bits per heavy atom. The van der Waals surface area contributed by atoms with E-state index in [2.05, 4.69) is 5.32 Å². The van der Waals surface area contributed by atoms with Crippen molar-refractivity contribution in [1.29, 1.82) is 0 Å². The molecule has 11 heteroatoms. The summed E-state index contributed by atoms with van der Waals surface area (Å²) in [5.74, 6) is 1.38. The number of rotatable bonds is 9. The molecule has 0 aliphatic rings. The average Bonchev–Trinajstić information content (AvgIpc) is 3.11. The van der Waals surface area contributed by atoms with Gasteiger partial charge in [-0.1, -0.05) is 6.07 Å². The van der Waals surface area contributed by atoms with E-state index in [1.165, 1.54) is 17.8 Å². The van der Waals surface area contributed by atoms with Crippen molar-refractivity contribution in [2.24, 2.45) is 0 Å². The van der Waals surface area contributed by atoms with Crippen LogP contribution in [-0.2, 0) is 26.7 Å². The van der Waals surface area contributed by atoms with E-state index in [1.807, 2.05) is 6.07 Å². The molecule has 0 atom stereocenters. The van der Waals surface area contributed by atoms with Gasteiger partial charge in [0.25, 0.3) is 0 Å². The number of nitrogens with one attached hydrogen (secondary N) is 1. The molecule has 0 saturated carbocycles. The average molecular weight is 436 g/mol. The van der Waals surface area contributed by atoms with E-state index in [9.17, 15) is 26.4 Å². The Kier molecular flexibility index (Phi) is 7.41. The minimum Gasteiger partial charge on any atom is -0.468 e. The number of alkyl halides is 3. The van der Waals surface area contributed by atoms with Crippen LogP contribution in [0.4, 0.5) is 18.9 Å². The fourth-order valence-electron chi connectivity index (χ4n) is 2.25. The lowest BCUT2D eigenvalue weighted by Crippen LogP contribution is -2.41. The van der Waals surface area contributed by atoms with Crippen molar-refractivity contribution in [3.63, 3.8) is 0 Å². The van der Waals surface area contributed by atoms with Gasteiger partial charge in [-0.15, -0.1) is 0 Å². The Morgan fingerprint density at radius 1 is 1.25 bits per heavy atom. The number of benzene rings is 1. The van der Waals surface area contributed by atoms with Gasteiger partial charge in [0.2, 0.25) is 15.9 Å². The summed E-state index contributed by atoms with van der Waals surface area (Å²) in [7, 11) is -3.95. The Balaban J connectivity index is 1.94. The number of thioether (sulfide) groups is 1. The predicted molar refractivity (Wildman–Crippen MR) is 102 cm³/mol. The number of carbonyl (C=O) groups is 1. The van der Waals surface area contributed by atoms with Gasteiger partial charge in [-0.3, -0.25) is 9.10 Å². The summed E-state index contributed by atoms with van der Waals surface area (Å²) in [6.45, 7) is -0.326. The SMILES string of the molecule is CS(=O)(=O)N(CC(=O)NCCSCc1ccco1)c1cccc(C(F)(F)F)c1. The molecule has 2 aromatic rings. The smallest absolute Gasteiger partial charge is 0.416 e. The van der Waals surface area contributed by atoms with Gasteiger partial charge in [0.05, 0.1) is 29.5 Å². The molecule has 1 aromatic heterocycles. The van der Waals surface area contributed by atoms with Gasteiger partial charge in [0, 0.05) is 12.3 Å². The molecule has 0 unspecified atom stereocenters. The molecule has 1 aromatic carbocycles. The van der Waals surface area contributed by atoms with Crippen LogP contribution in [0, 0.1) is 0 Å². The van der Waals surface area contributed by atoms with Crippen LogP contribution in [0.15, 0.2) is 47.1 Å². The number of carbonyl (C=O) groups excluding carboxylic acids is 1. The lowest BCUT2D eigenvalue weighted by molar-refractivity contribution is -0.137. The van der Waals surface area contributed by atoms with Crippen LogP contribution in [-0.4, -0.2) is 39.4 Å². The zero-order valence-electron chi connectivity index (χ0n) is 14.9. The molecule has 0 bridgehead atoms. The fraction of sp³-hybridized carbons (Fsp3) is 0.353. The number of hydrogen-bond donors (Lipinski definition) is 1. The summed E-state index contributed by atoms with van der Waals surface area (Å²) in [4.78, 5) is 12.1. The molecular formula is C17H19F3N2O4S2. The summed E-state index contributed by atoms with van der Waals surface area (Å²) < 4.78 is 68.4. The maximum Gasteiger partial charge on any atom is 0.416 e. The highest BCUT2D eigenvalue weighted by Crippen LogP contribution is 2.32. The second-order valence-electron chi connectivity index (χ2n) is 5.80. The molecule has 1 N–H and O–H groups in total. The second kappa shape index (κ2) is 9.37. The number of hydrogen-bond acceptors (Lipinski definition) is 5. The van der Waals surface area contributed by atoms with E-state index in [4.69, 9.17) is 4.42 Å². The number of furan rings is 1. The van der Waals surface area contributed by atoms with Crippen LogP contribution in [0.1, 0.15) is 11.3 Å². The van der Waals surface area contributed by atoms with Crippen molar-refractivity contribution in [2.75, 3.05) is 29.4 Å². The van der Waals surface area contributed by atoms with Crippen molar-refractivity contribution in [2.45, 2.75) is 11.9 Å². The Labute approximate surface area is 165 Å². The minimum atomic E-state index is -4.62. The molecule has 0 aliphatic heterocycles. The molecular weight excluding hydrogens is 417 g/mol. The Bertz CT molecular complexity index is 884. The van der Waals surface area contributed by atoms with Gasteiger partial charge >= 0.3 is 6.18 Å². The summed E-state index contributed by atoms with van der Waals surface area (Å²) in [6, 6.07) is 7.44. The van der Waals surface area contributed by atoms with E-state index in [1.54, 1.807) is 12.3 Å². The molecule has 0 aliphatic carbocycles. The number of anilines is 1. The van der Waals surface area contributed by atoms with Crippen LogP contribution in [0.3, 0.4) is 0 Å². The lowest BCUT2D eigenvalue weighted by atomic mass is 10.2. The van der Waals surface area contributed by atoms with Crippen LogP contribution in [0.2, 0.25) is 0 Å². The first-order valence-corrected chi connectivity index (χ1v) is 11.1. The maximum absolute atomic E-state index is 12.9. The molecule has 6 nitrogen and oxygen atoms in total. The van der Waals surface area contributed by atoms with Gasteiger partial charge in [-0.05, 0) is 30.3 Å². The topological polar surface area (TPSA) is 79.6 Å². The van der Waals surface area contributed by atoms with Gasteiger partial charge in [0.1, 0.15) is 12.3 Å². The zero-order valence-corrected chi connectivity index (χ0v) is 16.5. The third-order valence-electron chi connectivity index (χ3n) is 3.54. The van der Waals surface area contributed by atoms with Gasteiger partial charge < -0.3 is 9.73 Å². The molecule has 0 spiro atoms. The quantitative estimate of drug-likeness (QED) is 0.611. The van der Waals surface area contributed by atoms with Gasteiger partial charge in [-0.25, -0.2) is 8.42 Å². The Hall–Kier alpha value is -2.14. The highest BCUT2D eigenvalue weighted by Gasteiger charge is 2.31. The van der Waals surface area contributed by atoms with Crippen molar-refractivity contribution < 1.29 is 30.8 Å². The number of amides is 1. The highest BCUT2D eigenvalue weighted by molar-refractivity contribution is 7.98. The number of nitrogens with zero attached hydrogens (tertiary/aromatic N) is 1. The first-order valence-electron chi connectivity index (χ1n) is 8.09. The fourth-order valence-corrected chi connectivity index (χ4v) is 3.86. The van der Waals surface area contributed by atoms with Crippen molar-refractivity contribution in [3.8, 4) is 0 Å². The first kappa shape index (κ1) is 22.2. The van der Waals surface area contributed by atoms with Crippen LogP contribution < -0.4 is 9.62 Å². The van der Waals surface area contributed by atoms with Crippen LogP contribution >= 0.6 is 11.8 Å². The maximum atomic E-state index is 12.9. The summed E-state index contributed by atoms with van der Waals surface area (Å²) in [5, 5.41) is 2.56. The molecule has 0 radical (unpaired) electrons. The largest absolute Gasteiger partial charge is 0.468 e. The lowest BCUT2D eigenvalue weighted by Gasteiger charge is -2.22. The van der Waals surface area contributed by atoms with Gasteiger partial charge in [0.15, 0.2) is 0 Å². The van der Waals surface area contributed by atoms with E-state index in [0.29, 0.717) is 21.9 Å². The molecule has 1 amide bonds. The van der Waals surface area contributed by atoms with Gasteiger partial charge in [-0.2, -0.15) is 24.9 Å². The van der Waals surface area contributed by atoms with E-state index < -0.39 is 34.2 Å². The van der Waals surface area contributed by atoms with E-state index in [0.717, 1.165) is 24.1 Å². The molecule has 1 heterocycles. The Morgan fingerprint density at radius 2 is 2.00 bits per heavy atom. The monoisotopic (exact) mass is 436 g/mol. The summed E-state index contributed by atoms with van der Waals surface area (Å²) >= 11 is 1.51. The van der Waals surface area contributed by atoms with Crippen LogP contribution in [0.25, 0.3) is 0 Å². The molecule has 28 heavy (non-hydrogen) atoms. The first-order chi connectivity index (χ1) is 13.1. The van der Waals surface area contributed by atoms with Crippen LogP contribution in [0.5, 0.6) is 0 Å². The van der Waals surface area contributed by atoms with Crippen molar-refractivity contribution in [3.05, 3.63) is 54.0 Å². The summed E-state index contributed by atoms with van der Waals surface area (Å²) in [5.41, 5.74) is -1.21. The zero-order chi connectivity index (χ0) is 20.8. The highest BCUT2D eigenvalue weighted by atomic mass is 32.2.